The van der Waals surface area contributed by atoms with E-state index in [4.69, 9.17) is 18.9 Å². The van der Waals surface area contributed by atoms with Crippen molar-refractivity contribution in [2.75, 3.05) is 0 Å². The molecule has 0 aromatic heterocycles. The summed E-state index contributed by atoms with van der Waals surface area (Å²) >= 11 is 0. The minimum Gasteiger partial charge on any atom is -0.434 e. The quantitative estimate of drug-likeness (QED) is 0.569. The Morgan fingerprint density at radius 2 is 1.80 bits per heavy atom. The van der Waals surface area contributed by atoms with Crippen LogP contribution < -0.4 is 0 Å². The number of ether oxygens (including phenoxy) is 4. The second kappa shape index (κ2) is 6.54. The van der Waals surface area contributed by atoms with E-state index < -0.39 is 30.1 Å². The maximum atomic E-state index is 11.1. The number of hydrogen-bond donors (Lipinski definition) is 0. The van der Waals surface area contributed by atoms with Crippen LogP contribution in [0, 0.1) is 5.92 Å². The van der Waals surface area contributed by atoms with Gasteiger partial charge in [0.05, 0.1) is 6.10 Å². The molecule has 1 fully saturated rings. The lowest BCUT2D eigenvalue weighted by atomic mass is 9.99. The van der Waals surface area contributed by atoms with Gasteiger partial charge in [-0.25, -0.2) is 0 Å². The van der Waals surface area contributed by atoms with Gasteiger partial charge in [-0.2, -0.15) is 0 Å². The van der Waals surface area contributed by atoms with E-state index >= 15 is 0 Å². The molecule has 0 unspecified atom stereocenters. The van der Waals surface area contributed by atoms with E-state index in [1.165, 1.54) is 13.8 Å². The van der Waals surface area contributed by atoms with Gasteiger partial charge in [-0.05, 0) is 6.42 Å². The molecule has 1 aliphatic heterocycles. The van der Waals surface area contributed by atoms with Gasteiger partial charge in [-0.15, -0.1) is 0 Å². The summed E-state index contributed by atoms with van der Waals surface area (Å²) in [4.78, 5) is 22.2. The predicted molar refractivity (Wildman–Crippen MR) is 70.6 cm³/mol. The topological polar surface area (TPSA) is 71.1 Å². The molecule has 0 spiro atoms. The van der Waals surface area contributed by atoms with Crippen LogP contribution in [0.1, 0.15) is 48.0 Å². The number of carbonyl (C=O) groups excluding carboxylic acids is 2. The fourth-order valence-corrected chi connectivity index (χ4v) is 2.42. The van der Waals surface area contributed by atoms with Crippen molar-refractivity contribution in [2.45, 2.75) is 72.2 Å². The third-order valence-corrected chi connectivity index (χ3v) is 3.18. The molecule has 1 aliphatic rings. The first-order chi connectivity index (χ1) is 9.16. The highest BCUT2D eigenvalue weighted by Crippen LogP contribution is 2.34. The Morgan fingerprint density at radius 1 is 1.20 bits per heavy atom. The Kier molecular flexibility index (Phi) is 5.53. The van der Waals surface area contributed by atoms with Gasteiger partial charge < -0.3 is 18.9 Å². The predicted octanol–water partition coefficient (Wildman–Crippen LogP) is 2.00. The molecule has 20 heavy (non-hydrogen) atoms. The summed E-state index contributed by atoms with van der Waals surface area (Å²) in [5, 5.41) is 0. The van der Waals surface area contributed by atoms with Gasteiger partial charge in [0.1, 0.15) is 6.10 Å². The minimum absolute atomic E-state index is 0.0270. The van der Waals surface area contributed by atoms with Gasteiger partial charge in [-0.3, -0.25) is 9.59 Å². The molecule has 1 heterocycles. The van der Waals surface area contributed by atoms with Gasteiger partial charge >= 0.3 is 11.9 Å². The summed E-state index contributed by atoms with van der Waals surface area (Å²) in [5.74, 6) is -1.94. The van der Waals surface area contributed by atoms with E-state index in [9.17, 15) is 9.59 Å². The molecule has 0 saturated carbocycles. The molecule has 0 bridgehead atoms. The van der Waals surface area contributed by atoms with Gasteiger partial charge in [-0.1, -0.05) is 13.8 Å². The molecule has 4 atom stereocenters. The molecule has 0 radical (unpaired) electrons. The summed E-state index contributed by atoms with van der Waals surface area (Å²) in [5.41, 5.74) is 0. The summed E-state index contributed by atoms with van der Waals surface area (Å²) < 4.78 is 21.8. The SMILES string of the molecule is CC[C@H]1O[C@@H](OC(C)=O)[C@H](OC(C)(C)OC(C)=O)[C@@H]1C. The van der Waals surface area contributed by atoms with Crippen LogP contribution in [0.15, 0.2) is 0 Å². The molecule has 0 amide bonds. The van der Waals surface area contributed by atoms with Crippen molar-refractivity contribution in [3.8, 4) is 0 Å². The van der Waals surface area contributed by atoms with Crippen molar-refractivity contribution in [2.24, 2.45) is 5.92 Å². The fraction of sp³-hybridized carbons (Fsp3) is 0.857. The Bertz CT molecular complexity index is 365. The molecule has 1 rings (SSSR count). The monoisotopic (exact) mass is 288 g/mol. The van der Waals surface area contributed by atoms with Crippen molar-refractivity contribution in [1.82, 2.24) is 0 Å². The van der Waals surface area contributed by atoms with Crippen LogP contribution >= 0.6 is 0 Å². The summed E-state index contributed by atoms with van der Waals surface area (Å²) in [7, 11) is 0. The average Bonchev–Trinajstić information content (AvgIpc) is 2.54. The maximum Gasteiger partial charge on any atom is 0.305 e. The van der Waals surface area contributed by atoms with Crippen LogP contribution in [-0.2, 0) is 28.5 Å². The first kappa shape index (κ1) is 16.9. The van der Waals surface area contributed by atoms with Crippen molar-refractivity contribution in [3.05, 3.63) is 0 Å². The first-order valence-corrected chi connectivity index (χ1v) is 6.86. The summed E-state index contributed by atoms with van der Waals surface area (Å²) in [6.07, 6.45) is -0.523. The Hall–Kier alpha value is -1.14. The standard InChI is InChI=1S/C14H24O6/c1-7-11-8(2)12(13(18-11)17-9(3)15)20-14(5,6)19-10(4)16/h8,11-13H,7H2,1-6H3/t8-,11-,12-,13-/m1/s1. The number of rotatable bonds is 5. The fourth-order valence-electron chi connectivity index (χ4n) is 2.42. The second-order valence-electron chi connectivity index (χ2n) is 5.50. The maximum absolute atomic E-state index is 11.1. The highest BCUT2D eigenvalue weighted by Gasteiger charge is 2.46. The van der Waals surface area contributed by atoms with Crippen LogP contribution in [0.25, 0.3) is 0 Å². The van der Waals surface area contributed by atoms with Crippen molar-refractivity contribution in [3.63, 3.8) is 0 Å². The Balaban J connectivity index is 2.81. The molecular weight excluding hydrogens is 264 g/mol. The van der Waals surface area contributed by atoms with E-state index in [-0.39, 0.29) is 12.0 Å². The lowest BCUT2D eigenvalue weighted by Crippen LogP contribution is -2.42. The molecule has 0 N–H and O–H groups in total. The lowest BCUT2D eigenvalue weighted by Gasteiger charge is -2.31. The van der Waals surface area contributed by atoms with Crippen LogP contribution in [-0.4, -0.2) is 36.2 Å². The normalized spacial score (nSPS) is 30.1. The third kappa shape index (κ3) is 4.45. The number of carbonyl (C=O) groups is 2. The smallest absolute Gasteiger partial charge is 0.305 e. The molecule has 0 aromatic carbocycles. The molecule has 6 nitrogen and oxygen atoms in total. The van der Waals surface area contributed by atoms with Gasteiger partial charge in [0, 0.05) is 33.6 Å². The zero-order valence-corrected chi connectivity index (χ0v) is 13.0. The average molecular weight is 288 g/mol. The van der Waals surface area contributed by atoms with Crippen molar-refractivity contribution >= 4 is 11.9 Å². The highest BCUT2D eigenvalue weighted by atomic mass is 16.8. The van der Waals surface area contributed by atoms with Crippen LogP contribution in [0.3, 0.4) is 0 Å². The van der Waals surface area contributed by atoms with E-state index in [0.717, 1.165) is 6.42 Å². The molecule has 0 aromatic rings. The van der Waals surface area contributed by atoms with E-state index in [2.05, 4.69) is 0 Å². The first-order valence-electron chi connectivity index (χ1n) is 6.86. The van der Waals surface area contributed by atoms with Crippen molar-refractivity contribution < 1.29 is 28.5 Å². The third-order valence-electron chi connectivity index (χ3n) is 3.18. The largest absolute Gasteiger partial charge is 0.434 e. The van der Waals surface area contributed by atoms with E-state index in [1.807, 2.05) is 13.8 Å². The van der Waals surface area contributed by atoms with E-state index in [1.54, 1.807) is 13.8 Å². The van der Waals surface area contributed by atoms with Gasteiger partial charge in [0.15, 0.2) is 0 Å². The molecule has 116 valence electrons. The Morgan fingerprint density at radius 3 is 2.25 bits per heavy atom. The molecule has 6 heteroatoms. The molecular formula is C14H24O6. The van der Waals surface area contributed by atoms with Gasteiger partial charge in [0.2, 0.25) is 12.1 Å². The second-order valence-corrected chi connectivity index (χ2v) is 5.50. The molecule has 1 saturated heterocycles. The molecule has 0 aliphatic carbocycles. The minimum atomic E-state index is -1.10. The number of esters is 2. The summed E-state index contributed by atoms with van der Waals surface area (Å²) in [6, 6.07) is 0. The highest BCUT2D eigenvalue weighted by molar-refractivity contribution is 5.66. The van der Waals surface area contributed by atoms with Gasteiger partial charge in [0.25, 0.3) is 0 Å². The van der Waals surface area contributed by atoms with Crippen LogP contribution in [0.4, 0.5) is 0 Å². The van der Waals surface area contributed by atoms with Crippen LogP contribution in [0.5, 0.6) is 0 Å². The lowest BCUT2D eigenvalue weighted by molar-refractivity contribution is -0.262. The summed E-state index contributed by atoms with van der Waals surface area (Å²) in [6.45, 7) is 9.88. The zero-order valence-electron chi connectivity index (χ0n) is 13.0. The van der Waals surface area contributed by atoms with E-state index in [0.29, 0.717) is 0 Å². The van der Waals surface area contributed by atoms with Crippen LogP contribution in [0.2, 0.25) is 0 Å². The zero-order chi connectivity index (χ0) is 15.5. The Labute approximate surface area is 119 Å². The van der Waals surface area contributed by atoms with Crippen molar-refractivity contribution in [1.29, 1.82) is 0 Å². The number of hydrogen-bond acceptors (Lipinski definition) is 6.